The van der Waals surface area contributed by atoms with Gasteiger partial charge < -0.3 is 15.4 Å². The molecule has 1 aromatic rings. The van der Waals surface area contributed by atoms with Crippen molar-refractivity contribution in [1.29, 1.82) is 0 Å². The van der Waals surface area contributed by atoms with Crippen LogP contribution in [-0.2, 0) is 9.53 Å². The average molecular weight is 277 g/mol. The minimum absolute atomic E-state index is 0.0376. The number of amides is 2. The molecule has 0 unspecified atom stereocenters. The second kappa shape index (κ2) is 6.00. The number of carbonyl (C=O) groups excluding carboxylic acids is 2. The Morgan fingerprint density at radius 1 is 1.50 bits per heavy atom. The molecule has 0 radical (unpaired) electrons. The van der Waals surface area contributed by atoms with Crippen LogP contribution in [0.4, 0.5) is 0 Å². The molecule has 2 atom stereocenters. The number of hydrogen-bond donors (Lipinski definition) is 1. The molecular weight excluding hydrogens is 258 g/mol. The van der Waals surface area contributed by atoms with Gasteiger partial charge in [-0.25, -0.2) is 0 Å². The molecule has 20 heavy (non-hydrogen) atoms. The van der Waals surface area contributed by atoms with E-state index in [1.807, 2.05) is 6.92 Å². The molecule has 108 valence electrons. The molecule has 2 amide bonds. The number of aryl methyl sites for hydroxylation is 1. The molecule has 1 aliphatic rings. The molecule has 1 aliphatic heterocycles. The van der Waals surface area contributed by atoms with Crippen molar-refractivity contribution in [2.45, 2.75) is 6.92 Å². The fourth-order valence-electron chi connectivity index (χ4n) is 2.60. The van der Waals surface area contributed by atoms with Gasteiger partial charge in [0.05, 0.1) is 12.5 Å². The summed E-state index contributed by atoms with van der Waals surface area (Å²) in [5, 5.41) is 0. The summed E-state index contributed by atoms with van der Waals surface area (Å²) in [6, 6.07) is 3.42. The van der Waals surface area contributed by atoms with Crippen LogP contribution in [0.25, 0.3) is 0 Å². The first-order valence-electron chi connectivity index (χ1n) is 6.53. The van der Waals surface area contributed by atoms with Crippen LogP contribution in [-0.4, -0.2) is 48.5 Å². The lowest BCUT2D eigenvalue weighted by molar-refractivity contribution is -0.122. The number of methoxy groups -OCH3 is 1. The Balaban J connectivity index is 2.14. The second-order valence-electron chi connectivity index (χ2n) is 5.12. The number of nitrogens with zero attached hydrogens (tertiary/aromatic N) is 2. The zero-order chi connectivity index (χ0) is 14.7. The zero-order valence-electron chi connectivity index (χ0n) is 11.7. The van der Waals surface area contributed by atoms with Crippen LogP contribution in [0, 0.1) is 18.8 Å². The largest absolute Gasteiger partial charge is 0.384 e. The van der Waals surface area contributed by atoms with Crippen molar-refractivity contribution in [3.8, 4) is 0 Å². The number of hydrogen-bond acceptors (Lipinski definition) is 4. The number of nitrogens with two attached hydrogens (primary N) is 1. The molecule has 2 heterocycles. The number of ether oxygens (including phenoxy) is 1. The molecule has 6 heteroatoms. The first-order valence-corrected chi connectivity index (χ1v) is 6.53. The lowest BCUT2D eigenvalue weighted by atomic mass is 9.96. The molecule has 1 saturated heterocycles. The summed E-state index contributed by atoms with van der Waals surface area (Å²) < 4.78 is 5.10. The quantitative estimate of drug-likeness (QED) is 0.852. The standard InChI is InChI=1S/C14H19N3O3/c1-9-5-10(3-4-16-9)14(19)17-6-11(8-20-2)12(7-17)13(15)18/h3-5,11-12H,6-8H2,1-2H3,(H2,15,18)/t11-,12+/m0/s1. The van der Waals surface area contributed by atoms with E-state index in [1.165, 1.54) is 0 Å². The lowest BCUT2D eigenvalue weighted by Crippen LogP contribution is -2.32. The Morgan fingerprint density at radius 2 is 2.25 bits per heavy atom. The van der Waals surface area contributed by atoms with Gasteiger partial charge in [0.25, 0.3) is 5.91 Å². The van der Waals surface area contributed by atoms with Crippen molar-refractivity contribution in [3.05, 3.63) is 29.6 Å². The number of likely N-dealkylation sites (tertiary alicyclic amines) is 1. The maximum Gasteiger partial charge on any atom is 0.254 e. The van der Waals surface area contributed by atoms with Gasteiger partial charge in [0, 0.05) is 43.6 Å². The lowest BCUT2D eigenvalue weighted by Gasteiger charge is -2.16. The van der Waals surface area contributed by atoms with Gasteiger partial charge in [0.1, 0.15) is 0 Å². The SMILES string of the molecule is COC[C@@H]1CN(C(=O)c2ccnc(C)c2)C[C@H]1C(N)=O. The van der Waals surface area contributed by atoms with Gasteiger partial charge in [0.2, 0.25) is 5.91 Å². The monoisotopic (exact) mass is 277 g/mol. The summed E-state index contributed by atoms with van der Waals surface area (Å²) in [7, 11) is 1.58. The molecule has 2 rings (SSSR count). The predicted molar refractivity (Wildman–Crippen MR) is 72.9 cm³/mol. The maximum atomic E-state index is 12.4. The predicted octanol–water partition coefficient (Wildman–Crippen LogP) is 0.210. The van der Waals surface area contributed by atoms with Gasteiger partial charge >= 0.3 is 0 Å². The summed E-state index contributed by atoms with van der Waals surface area (Å²) in [5.41, 5.74) is 6.77. The molecule has 0 aromatic carbocycles. The fraction of sp³-hybridized carbons (Fsp3) is 0.500. The first-order chi connectivity index (χ1) is 9.52. The number of rotatable bonds is 4. The first kappa shape index (κ1) is 14.5. The minimum atomic E-state index is -0.381. The number of primary amides is 1. The Hall–Kier alpha value is -1.95. The van der Waals surface area contributed by atoms with E-state index in [-0.39, 0.29) is 23.7 Å². The van der Waals surface area contributed by atoms with Crippen molar-refractivity contribution in [2.24, 2.45) is 17.6 Å². The van der Waals surface area contributed by atoms with Crippen molar-refractivity contribution >= 4 is 11.8 Å². The van der Waals surface area contributed by atoms with E-state index in [0.29, 0.717) is 25.3 Å². The Kier molecular flexibility index (Phi) is 4.34. The van der Waals surface area contributed by atoms with Crippen molar-refractivity contribution in [2.75, 3.05) is 26.8 Å². The van der Waals surface area contributed by atoms with Crippen molar-refractivity contribution in [3.63, 3.8) is 0 Å². The van der Waals surface area contributed by atoms with E-state index in [9.17, 15) is 9.59 Å². The highest BCUT2D eigenvalue weighted by molar-refractivity contribution is 5.95. The summed E-state index contributed by atoms with van der Waals surface area (Å²) in [6.45, 7) is 3.10. The van der Waals surface area contributed by atoms with Crippen LogP contribution >= 0.6 is 0 Å². The van der Waals surface area contributed by atoms with Gasteiger partial charge in [-0.05, 0) is 19.1 Å². The maximum absolute atomic E-state index is 12.4. The highest BCUT2D eigenvalue weighted by Gasteiger charge is 2.38. The fourth-order valence-corrected chi connectivity index (χ4v) is 2.60. The van der Waals surface area contributed by atoms with E-state index in [2.05, 4.69) is 4.98 Å². The zero-order valence-corrected chi connectivity index (χ0v) is 11.7. The number of pyridine rings is 1. The third-order valence-corrected chi connectivity index (χ3v) is 3.62. The van der Waals surface area contributed by atoms with Gasteiger partial charge in [0.15, 0.2) is 0 Å². The highest BCUT2D eigenvalue weighted by atomic mass is 16.5. The van der Waals surface area contributed by atoms with Gasteiger partial charge in [-0.3, -0.25) is 14.6 Å². The molecule has 0 bridgehead atoms. The number of carbonyl (C=O) groups is 2. The summed E-state index contributed by atoms with van der Waals surface area (Å²) >= 11 is 0. The van der Waals surface area contributed by atoms with Gasteiger partial charge in [-0.1, -0.05) is 0 Å². The summed E-state index contributed by atoms with van der Waals surface area (Å²) in [4.78, 5) is 29.6. The van der Waals surface area contributed by atoms with E-state index >= 15 is 0 Å². The Bertz CT molecular complexity index is 518. The van der Waals surface area contributed by atoms with Gasteiger partial charge in [-0.15, -0.1) is 0 Å². The smallest absolute Gasteiger partial charge is 0.254 e. The molecule has 6 nitrogen and oxygen atoms in total. The molecule has 0 aliphatic carbocycles. The summed E-state index contributed by atoms with van der Waals surface area (Å²) in [6.07, 6.45) is 1.61. The van der Waals surface area contributed by atoms with Crippen molar-refractivity contribution in [1.82, 2.24) is 9.88 Å². The van der Waals surface area contributed by atoms with E-state index in [4.69, 9.17) is 10.5 Å². The van der Waals surface area contributed by atoms with Crippen LogP contribution in [0.2, 0.25) is 0 Å². The number of aromatic nitrogens is 1. The topological polar surface area (TPSA) is 85.5 Å². The minimum Gasteiger partial charge on any atom is -0.384 e. The van der Waals surface area contributed by atoms with Crippen LogP contribution in [0.5, 0.6) is 0 Å². The van der Waals surface area contributed by atoms with Crippen molar-refractivity contribution < 1.29 is 14.3 Å². The Labute approximate surface area is 117 Å². The third kappa shape index (κ3) is 2.96. The molecule has 0 saturated carbocycles. The molecule has 2 N–H and O–H groups in total. The molecule has 1 aromatic heterocycles. The second-order valence-corrected chi connectivity index (χ2v) is 5.12. The van der Waals surface area contributed by atoms with Crippen LogP contribution in [0.15, 0.2) is 18.3 Å². The van der Waals surface area contributed by atoms with E-state index < -0.39 is 0 Å². The molecular formula is C14H19N3O3. The third-order valence-electron chi connectivity index (χ3n) is 3.62. The van der Waals surface area contributed by atoms with Gasteiger partial charge in [-0.2, -0.15) is 0 Å². The normalized spacial score (nSPS) is 22.0. The summed E-state index contributed by atoms with van der Waals surface area (Å²) in [5.74, 6) is -0.861. The van der Waals surface area contributed by atoms with Crippen LogP contribution in [0.1, 0.15) is 16.1 Å². The molecule has 1 fully saturated rings. The average Bonchev–Trinajstić information content (AvgIpc) is 2.82. The van der Waals surface area contributed by atoms with E-state index in [1.54, 1.807) is 30.3 Å². The Morgan fingerprint density at radius 3 is 2.85 bits per heavy atom. The van der Waals surface area contributed by atoms with Crippen LogP contribution in [0.3, 0.4) is 0 Å². The molecule has 0 spiro atoms. The van der Waals surface area contributed by atoms with Crippen LogP contribution < -0.4 is 5.73 Å². The highest BCUT2D eigenvalue weighted by Crippen LogP contribution is 2.25. The van der Waals surface area contributed by atoms with E-state index in [0.717, 1.165) is 5.69 Å².